The zero-order valence-electron chi connectivity index (χ0n) is 17.0. The monoisotopic (exact) mass is 449 g/mol. The molecule has 4 aromatic rings. The summed E-state index contributed by atoms with van der Waals surface area (Å²) in [6.45, 7) is 1.19. The first-order valence-electron chi connectivity index (χ1n) is 9.65. The largest absolute Gasteiger partial charge is 0.493 e. The molecular weight excluding hydrogens is 429 g/mol. The molecule has 0 saturated heterocycles. The highest BCUT2D eigenvalue weighted by atomic mass is 31.2. The highest BCUT2D eigenvalue weighted by Crippen LogP contribution is 2.33. The van der Waals surface area contributed by atoms with E-state index in [1.54, 1.807) is 0 Å². The van der Waals surface area contributed by atoms with Crippen molar-refractivity contribution in [2.75, 3.05) is 6.66 Å². The molecule has 9 nitrogen and oxygen atoms in total. The third-order valence-electron chi connectivity index (χ3n) is 4.79. The van der Waals surface area contributed by atoms with Crippen LogP contribution in [0.4, 0.5) is 0 Å². The van der Waals surface area contributed by atoms with Crippen molar-refractivity contribution in [1.29, 1.82) is 0 Å². The lowest BCUT2D eigenvalue weighted by atomic mass is 9.98. The summed E-state index contributed by atoms with van der Waals surface area (Å²) in [5.41, 5.74) is 1.64. The standard InChI is InChI=1S/C22H20N5O4P/c1-32(30,31)17-12-24-27(14-17)22-23-13-18(21(29)26-22)20(28)25-19(15-8-4-2-5-9-15)16-10-6-3-7-11-16/h2-14,19H,1H3,(H,25,28)(H,30,31)(H,23,26,29). The Morgan fingerprint density at radius 2 is 1.62 bits per heavy atom. The van der Waals surface area contributed by atoms with Gasteiger partial charge < -0.3 is 15.3 Å². The highest BCUT2D eigenvalue weighted by molar-refractivity contribution is 7.65. The minimum atomic E-state index is -3.49. The van der Waals surface area contributed by atoms with Crippen molar-refractivity contribution in [2.45, 2.75) is 6.04 Å². The number of hydrogen-bond donors (Lipinski definition) is 3. The Morgan fingerprint density at radius 1 is 1.03 bits per heavy atom. The molecule has 0 fully saturated rings. The van der Waals surface area contributed by atoms with Gasteiger partial charge in [-0.05, 0) is 11.1 Å². The second-order valence-electron chi connectivity index (χ2n) is 7.16. The van der Waals surface area contributed by atoms with Crippen molar-refractivity contribution in [3.05, 3.63) is 95.9 Å². The zero-order valence-corrected chi connectivity index (χ0v) is 17.9. The van der Waals surface area contributed by atoms with Gasteiger partial charge in [-0.2, -0.15) is 10.1 Å². The number of hydrogen-bond acceptors (Lipinski definition) is 6. The predicted molar refractivity (Wildman–Crippen MR) is 118 cm³/mol. The number of aromatic nitrogens is 4. The number of carbonyl (C=O) groups is 1. The SMILES string of the molecule is CP(=O)(O)c1cnn(-c2ncc(C(=O)NC(c3ccccc3)c3ccccc3)c(O)n2)c1. The van der Waals surface area contributed by atoms with E-state index < -0.39 is 25.2 Å². The lowest BCUT2D eigenvalue weighted by Crippen LogP contribution is -2.29. The van der Waals surface area contributed by atoms with E-state index in [1.807, 2.05) is 60.7 Å². The van der Waals surface area contributed by atoms with E-state index in [0.717, 1.165) is 15.8 Å². The highest BCUT2D eigenvalue weighted by Gasteiger charge is 2.22. The molecule has 10 heteroatoms. The van der Waals surface area contributed by atoms with Crippen molar-refractivity contribution < 1.29 is 19.4 Å². The third kappa shape index (κ3) is 4.59. The lowest BCUT2D eigenvalue weighted by Gasteiger charge is -2.20. The van der Waals surface area contributed by atoms with E-state index in [0.29, 0.717) is 0 Å². The maximum atomic E-state index is 13.0. The second kappa shape index (κ2) is 8.74. The van der Waals surface area contributed by atoms with Gasteiger partial charge >= 0.3 is 0 Å². The summed E-state index contributed by atoms with van der Waals surface area (Å²) < 4.78 is 12.9. The van der Waals surface area contributed by atoms with Crippen LogP contribution in [0.25, 0.3) is 5.95 Å². The summed E-state index contributed by atoms with van der Waals surface area (Å²) in [6, 6.07) is 18.5. The summed E-state index contributed by atoms with van der Waals surface area (Å²) >= 11 is 0. The fraction of sp³-hybridized carbons (Fsp3) is 0.0909. The summed E-state index contributed by atoms with van der Waals surface area (Å²) in [5, 5.41) is 17.4. The van der Waals surface area contributed by atoms with E-state index in [-0.39, 0.29) is 16.8 Å². The minimum absolute atomic E-state index is 0.0404. The summed E-state index contributed by atoms with van der Waals surface area (Å²) in [5.74, 6) is -1.13. The van der Waals surface area contributed by atoms with Crippen molar-refractivity contribution in [2.24, 2.45) is 0 Å². The van der Waals surface area contributed by atoms with Crippen molar-refractivity contribution in [3.8, 4) is 11.8 Å². The lowest BCUT2D eigenvalue weighted by molar-refractivity contribution is 0.0939. The molecule has 0 bridgehead atoms. The first-order chi connectivity index (χ1) is 15.3. The van der Waals surface area contributed by atoms with E-state index in [4.69, 9.17) is 0 Å². The average Bonchev–Trinajstić information content (AvgIpc) is 3.29. The Hall–Kier alpha value is -3.81. The molecule has 1 unspecified atom stereocenters. The van der Waals surface area contributed by atoms with Crippen LogP contribution >= 0.6 is 7.37 Å². The molecule has 0 saturated carbocycles. The van der Waals surface area contributed by atoms with Crippen LogP contribution in [-0.2, 0) is 4.57 Å². The van der Waals surface area contributed by atoms with Gasteiger partial charge in [0, 0.05) is 19.1 Å². The molecule has 0 aliphatic carbocycles. The van der Waals surface area contributed by atoms with E-state index in [9.17, 15) is 19.4 Å². The second-order valence-corrected chi connectivity index (χ2v) is 9.43. The van der Waals surface area contributed by atoms with E-state index >= 15 is 0 Å². The Bertz CT molecular complexity index is 1250. The van der Waals surface area contributed by atoms with Crippen molar-refractivity contribution >= 4 is 18.6 Å². The van der Waals surface area contributed by atoms with Crippen molar-refractivity contribution in [1.82, 2.24) is 25.1 Å². The predicted octanol–water partition coefficient (Wildman–Crippen LogP) is 2.41. The van der Waals surface area contributed by atoms with Crippen LogP contribution in [0.1, 0.15) is 27.5 Å². The molecule has 32 heavy (non-hydrogen) atoms. The summed E-state index contributed by atoms with van der Waals surface area (Å²) in [6.07, 6.45) is 3.72. The van der Waals surface area contributed by atoms with Gasteiger partial charge in [0.05, 0.1) is 17.5 Å². The molecule has 2 aromatic heterocycles. The first kappa shape index (κ1) is 21.4. The zero-order chi connectivity index (χ0) is 22.7. The Labute approximate surface area is 183 Å². The number of amides is 1. The van der Waals surface area contributed by atoms with Gasteiger partial charge in [-0.15, -0.1) is 0 Å². The number of nitrogens with one attached hydrogen (secondary N) is 1. The van der Waals surface area contributed by atoms with Gasteiger partial charge in [0.25, 0.3) is 11.9 Å². The number of aromatic hydroxyl groups is 1. The Kier molecular flexibility index (Phi) is 5.85. The maximum Gasteiger partial charge on any atom is 0.259 e. The molecule has 0 radical (unpaired) electrons. The molecule has 2 aromatic carbocycles. The van der Waals surface area contributed by atoms with E-state index in [1.165, 1.54) is 25.3 Å². The molecule has 2 heterocycles. The fourth-order valence-electron chi connectivity index (χ4n) is 3.13. The summed E-state index contributed by atoms with van der Waals surface area (Å²) in [4.78, 5) is 30.6. The Morgan fingerprint density at radius 3 is 2.12 bits per heavy atom. The van der Waals surface area contributed by atoms with Gasteiger partial charge in [0.1, 0.15) is 5.56 Å². The fourth-order valence-corrected chi connectivity index (χ4v) is 3.72. The first-order valence-corrected chi connectivity index (χ1v) is 11.8. The number of rotatable bonds is 6. The van der Waals surface area contributed by atoms with Gasteiger partial charge in [0.2, 0.25) is 13.2 Å². The molecule has 4 rings (SSSR count). The van der Waals surface area contributed by atoms with Crippen LogP contribution in [0.15, 0.2) is 79.3 Å². The van der Waals surface area contributed by atoms with Gasteiger partial charge in [-0.1, -0.05) is 60.7 Å². The topological polar surface area (TPSA) is 130 Å². The van der Waals surface area contributed by atoms with Gasteiger partial charge in [-0.3, -0.25) is 9.36 Å². The van der Waals surface area contributed by atoms with Crippen LogP contribution in [-0.4, -0.2) is 42.3 Å². The van der Waals surface area contributed by atoms with Crippen molar-refractivity contribution in [3.63, 3.8) is 0 Å². The van der Waals surface area contributed by atoms with Crippen LogP contribution in [0.3, 0.4) is 0 Å². The molecule has 162 valence electrons. The van der Waals surface area contributed by atoms with Crippen LogP contribution in [0.5, 0.6) is 5.88 Å². The quantitative estimate of drug-likeness (QED) is 0.385. The van der Waals surface area contributed by atoms with Gasteiger partial charge in [-0.25, -0.2) is 9.67 Å². The molecule has 3 N–H and O–H groups in total. The number of carbonyl (C=O) groups excluding carboxylic acids is 1. The van der Waals surface area contributed by atoms with Gasteiger partial charge in [0.15, 0.2) is 0 Å². The maximum absolute atomic E-state index is 13.0. The summed E-state index contributed by atoms with van der Waals surface area (Å²) in [7, 11) is -3.49. The number of benzene rings is 2. The van der Waals surface area contributed by atoms with Crippen LogP contribution in [0.2, 0.25) is 0 Å². The normalized spacial score (nSPS) is 13.0. The van der Waals surface area contributed by atoms with Crippen LogP contribution in [0, 0.1) is 0 Å². The Balaban J connectivity index is 1.61. The minimum Gasteiger partial charge on any atom is -0.493 e. The molecule has 1 atom stereocenters. The molecule has 0 aliphatic rings. The molecule has 0 spiro atoms. The molecule has 1 amide bonds. The smallest absolute Gasteiger partial charge is 0.259 e. The third-order valence-corrected chi connectivity index (χ3v) is 5.98. The van der Waals surface area contributed by atoms with Crippen LogP contribution < -0.4 is 10.6 Å². The average molecular weight is 449 g/mol. The molecular formula is C22H20N5O4P. The number of nitrogens with zero attached hydrogens (tertiary/aromatic N) is 4. The molecule has 0 aliphatic heterocycles. The van der Waals surface area contributed by atoms with E-state index in [2.05, 4.69) is 20.4 Å².